The summed E-state index contributed by atoms with van der Waals surface area (Å²) in [6.45, 7) is 8.04. The summed E-state index contributed by atoms with van der Waals surface area (Å²) in [5, 5.41) is 21.9. The number of rotatable bonds is 5. The Balaban J connectivity index is 2.36. The van der Waals surface area contributed by atoms with Gasteiger partial charge in [0.15, 0.2) is 0 Å². The highest BCUT2D eigenvalue weighted by molar-refractivity contribution is 5.32. The van der Waals surface area contributed by atoms with E-state index in [2.05, 4.69) is 32.2 Å². The summed E-state index contributed by atoms with van der Waals surface area (Å²) in [6, 6.07) is 9.13. The lowest BCUT2D eigenvalue weighted by atomic mass is 9.92. The van der Waals surface area contributed by atoms with Gasteiger partial charge < -0.3 is 10.4 Å². The summed E-state index contributed by atoms with van der Waals surface area (Å²) in [5.74, 6) is 0. The van der Waals surface area contributed by atoms with Crippen LogP contribution in [-0.4, -0.2) is 18.2 Å². The topological polar surface area (TPSA) is 56.0 Å². The van der Waals surface area contributed by atoms with Crippen LogP contribution in [0, 0.1) is 16.7 Å². The van der Waals surface area contributed by atoms with E-state index >= 15 is 0 Å². The molecule has 1 aromatic carbocycles. The van der Waals surface area contributed by atoms with E-state index in [-0.39, 0.29) is 0 Å². The van der Waals surface area contributed by atoms with Crippen molar-refractivity contribution in [2.24, 2.45) is 5.41 Å². The Hall–Kier alpha value is -1.37. The van der Waals surface area contributed by atoms with Gasteiger partial charge in [-0.2, -0.15) is 5.26 Å². The highest BCUT2D eigenvalue weighted by Gasteiger charge is 2.10. The van der Waals surface area contributed by atoms with Crippen molar-refractivity contribution in [1.82, 2.24) is 5.32 Å². The molecule has 1 atom stereocenters. The van der Waals surface area contributed by atoms with Crippen LogP contribution in [0.2, 0.25) is 0 Å². The van der Waals surface area contributed by atoms with Crippen LogP contribution in [-0.2, 0) is 0 Å². The van der Waals surface area contributed by atoms with Crippen LogP contribution in [0.3, 0.4) is 0 Å². The molecule has 1 aromatic rings. The van der Waals surface area contributed by atoms with Crippen molar-refractivity contribution in [3.05, 3.63) is 35.4 Å². The molecule has 0 saturated carbocycles. The molecule has 0 bridgehead atoms. The third-order valence-corrected chi connectivity index (χ3v) is 2.81. The van der Waals surface area contributed by atoms with E-state index in [4.69, 9.17) is 5.26 Å². The van der Waals surface area contributed by atoms with Gasteiger partial charge in [-0.25, -0.2) is 0 Å². The molecule has 3 heteroatoms. The van der Waals surface area contributed by atoms with Gasteiger partial charge in [0.1, 0.15) is 0 Å². The van der Waals surface area contributed by atoms with Crippen LogP contribution in [0.15, 0.2) is 24.3 Å². The van der Waals surface area contributed by atoms with E-state index in [0.717, 1.165) is 18.5 Å². The average Bonchev–Trinajstić information content (AvgIpc) is 2.33. The van der Waals surface area contributed by atoms with Crippen molar-refractivity contribution in [3.8, 4) is 6.07 Å². The molecule has 0 aliphatic carbocycles. The molecule has 0 heterocycles. The number of hydrogen-bond donors (Lipinski definition) is 2. The van der Waals surface area contributed by atoms with Crippen LogP contribution < -0.4 is 5.32 Å². The molecule has 18 heavy (non-hydrogen) atoms. The highest BCUT2D eigenvalue weighted by atomic mass is 16.3. The fourth-order valence-electron chi connectivity index (χ4n) is 1.60. The van der Waals surface area contributed by atoms with E-state index in [0.29, 0.717) is 17.5 Å². The van der Waals surface area contributed by atoms with Crippen LogP contribution in [0.4, 0.5) is 0 Å². The van der Waals surface area contributed by atoms with Crippen molar-refractivity contribution in [2.45, 2.75) is 33.3 Å². The van der Waals surface area contributed by atoms with Crippen molar-refractivity contribution in [1.29, 1.82) is 5.26 Å². The molecular formula is C15H22N2O. The molecule has 0 aromatic heterocycles. The van der Waals surface area contributed by atoms with Crippen molar-refractivity contribution in [3.63, 3.8) is 0 Å². The van der Waals surface area contributed by atoms with E-state index < -0.39 is 6.10 Å². The third kappa shape index (κ3) is 5.31. The molecule has 0 radical (unpaired) electrons. The fourth-order valence-corrected chi connectivity index (χ4v) is 1.60. The Morgan fingerprint density at radius 2 is 1.89 bits per heavy atom. The molecule has 0 spiro atoms. The zero-order valence-electron chi connectivity index (χ0n) is 11.4. The highest BCUT2D eigenvalue weighted by Crippen LogP contribution is 2.17. The molecule has 1 rings (SSSR count). The van der Waals surface area contributed by atoms with Crippen molar-refractivity contribution < 1.29 is 5.11 Å². The number of nitrogens with one attached hydrogen (secondary N) is 1. The Kier molecular flexibility index (Phi) is 5.33. The van der Waals surface area contributed by atoms with Gasteiger partial charge in [-0.05, 0) is 36.1 Å². The second-order valence-electron chi connectivity index (χ2n) is 5.76. The second-order valence-corrected chi connectivity index (χ2v) is 5.76. The summed E-state index contributed by atoms with van der Waals surface area (Å²) in [4.78, 5) is 0. The minimum Gasteiger partial charge on any atom is -0.387 e. The predicted octanol–water partition coefficient (Wildman–Crippen LogP) is 2.62. The molecule has 0 amide bonds. The zero-order valence-corrected chi connectivity index (χ0v) is 11.4. The Bertz CT molecular complexity index is 398. The standard InChI is InChI=1S/C15H22N2O/c1-15(2,3)8-9-17-11-14(18)13-6-4-12(10-16)5-7-13/h4-7,14,17-18H,8-9,11H2,1-3H3. The fraction of sp³-hybridized carbons (Fsp3) is 0.533. The summed E-state index contributed by atoms with van der Waals surface area (Å²) in [5.41, 5.74) is 1.77. The van der Waals surface area contributed by atoms with Gasteiger partial charge in [0.05, 0.1) is 17.7 Å². The van der Waals surface area contributed by atoms with Gasteiger partial charge in [0.25, 0.3) is 0 Å². The third-order valence-electron chi connectivity index (χ3n) is 2.81. The molecule has 0 aliphatic heterocycles. The first-order chi connectivity index (χ1) is 8.42. The van der Waals surface area contributed by atoms with Crippen LogP contribution in [0.1, 0.15) is 44.4 Å². The van der Waals surface area contributed by atoms with Crippen LogP contribution >= 0.6 is 0 Å². The maximum Gasteiger partial charge on any atom is 0.0991 e. The Morgan fingerprint density at radius 1 is 1.28 bits per heavy atom. The molecule has 2 N–H and O–H groups in total. The summed E-state index contributed by atoms with van der Waals surface area (Å²) in [7, 11) is 0. The van der Waals surface area contributed by atoms with E-state index in [9.17, 15) is 5.11 Å². The average molecular weight is 246 g/mol. The lowest BCUT2D eigenvalue weighted by molar-refractivity contribution is 0.173. The van der Waals surface area contributed by atoms with Crippen molar-refractivity contribution >= 4 is 0 Å². The lowest BCUT2D eigenvalue weighted by Gasteiger charge is -2.19. The molecule has 98 valence electrons. The quantitative estimate of drug-likeness (QED) is 0.785. The number of hydrogen-bond acceptors (Lipinski definition) is 3. The second kappa shape index (κ2) is 6.53. The van der Waals surface area contributed by atoms with Gasteiger partial charge in [-0.15, -0.1) is 0 Å². The van der Waals surface area contributed by atoms with E-state index in [1.54, 1.807) is 24.3 Å². The number of aliphatic hydroxyl groups is 1. The molecule has 0 fully saturated rings. The maximum atomic E-state index is 9.97. The minimum atomic E-state index is -0.516. The Labute approximate surface area is 109 Å². The van der Waals surface area contributed by atoms with Gasteiger partial charge in [-0.1, -0.05) is 32.9 Å². The van der Waals surface area contributed by atoms with Crippen LogP contribution in [0.5, 0.6) is 0 Å². The number of benzene rings is 1. The first kappa shape index (κ1) is 14.7. The zero-order chi connectivity index (χ0) is 13.6. The molecule has 0 aliphatic rings. The van der Waals surface area contributed by atoms with E-state index in [1.807, 2.05) is 0 Å². The first-order valence-corrected chi connectivity index (χ1v) is 6.31. The largest absolute Gasteiger partial charge is 0.387 e. The molecule has 0 saturated heterocycles. The van der Waals surface area contributed by atoms with Gasteiger partial charge >= 0.3 is 0 Å². The molecular weight excluding hydrogens is 224 g/mol. The molecule has 1 unspecified atom stereocenters. The smallest absolute Gasteiger partial charge is 0.0991 e. The normalized spacial score (nSPS) is 13.1. The van der Waals surface area contributed by atoms with E-state index in [1.165, 1.54) is 0 Å². The van der Waals surface area contributed by atoms with Gasteiger partial charge in [0.2, 0.25) is 0 Å². The monoisotopic (exact) mass is 246 g/mol. The number of nitrogens with zero attached hydrogens (tertiary/aromatic N) is 1. The SMILES string of the molecule is CC(C)(C)CCNCC(O)c1ccc(C#N)cc1. The number of aliphatic hydroxyl groups excluding tert-OH is 1. The summed E-state index contributed by atoms with van der Waals surface area (Å²) < 4.78 is 0. The number of nitriles is 1. The summed E-state index contributed by atoms with van der Waals surface area (Å²) >= 11 is 0. The molecule has 3 nitrogen and oxygen atoms in total. The van der Waals surface area contributed by atoms with Gasteiger partial charge in [-0.3, -0.25) is 0 Å². The lowest BCUT2D eigenvalue weighted by Crippen LogP contribution is -2.25. The van der Waals surface area contributed by atoms with Crippen LogP contribution in [0.25, 0.3) is 0 Å². The predicted molar refractivity (Wildman–Crippen MR) is 73.1 cm³/mol. The van der Waals surface area contributed by atoms with Crippen molar-refractivity contribution in [2.75, 3.05) is 13.1 Å². The van der Waals surface area contributed by atoms with Gasteiger partial charge in [0, 0.05) is 6.54 Å². The first-order valence-electron chi connectivity index (χ1n) is 6.31. The minimum absolute atomic E-state index is 0.312. The maximum absolute atomic E-state index is 9.97. The Morgan fingerprint density at radius 3 is 2.39 bits per heavy atom. The summed E-state index contributed by atoms with van der Waals surface area (Å²) in [6.07, 6.45) is 0.560.